The maximum atomic E-state index is 12.9. The van der Waals surface area contributed by atoms with Crippen molar-refractivity contribution in [3.63, 3.8) is 0 Å². The first-order valence-corrected chi connectivity index (χ1v) is 9.92. The molecule has 0 aliphatic rings. The monoisotopic (exact) mass is 388 g/mol. The Hall–Kier alpha value is -3.05. The Morgan fingerprint density at radius 1 is 0.966 bits per heavy atom. The Balaban J connectivity index is 1.91. The Kier molecular flexibility index (Phi) is 6.73. The molecule has 2 aromatic heterocycles. The lowest BCUT2D eigenvalue weighted by atomic mass is 9.80. The molecule has 0 radical (unpaired) electrons. The lowest BCUT2D eigenvalue weighted by Gasteiger charge is -2.34. The summed E-state index contributed by atoms with van der Waals surface area (Å²) in [5.74, 6) is -0.357. The van der Waals surface area contributed by atoms with Crippen LogP contribution in [0.1, 0.15) is 34.2 Å². The van der Waals surface area contributed by atoms with Gasteiger partial charge in [-0.2, -0.15) is 0 Å². The van der Waals surface area contributed by atoms with Crippen LogP contribution in [0.15, 0.2) is 67.3 Å². The first kappa shape index (κ1) is 20.7. The molecular weight excluding hydrogens is 360 g/mol. The van der Waals surface area contributed by atoms with Gasteiger partial charge in [-0.3, -0.25) is 20.1 Å². The first-order chi connectivity index (χ1) is 14.0. The number of nitrogens with one attached hydrogen (secondary N) is 1. The molecule has 0 fully saturated rings. The van der Waals surface area contributed by atoms with Crippen LogP contribution < -0.4 is 11.1 Å². The van der Waals surface area contributed by atoms with Gasteiger partial charge in [0.15, 0.2) is 0 Å². The van der Waals surface area contributed by atoms with Gasteiger partial charge in [-0.25, -0.2) is 0 Å². The van der Waals surface area contributed by atoms with Crippen molar-refractivity contribution in [2.45, 2.75) is 38.6 Å². The van der Waals surface area contributed by atoms with E-state index in [1.807, 2.05) is 42.6 Å². The van der Waals surface area contributed by atoms with Gasteiger partial charge < -0.3 is 5.73 Å². The maximum absolute atomic E-state index is 12.9. The minimum atomic E-state index is -0.945. The van der Waals surface area contributed by atoms with Crippen LogP contribution in [0.2, 0.25) is 0 Å². The molecular formula is C24H28N4O. The second-order valence-corrected chi connectivity index (χ2v) is 7.41. The fraction of sp³-hybridized carbons (Fsp3) is 0.292. The number of amides is 1. The highest BCUT2D eigenvalue weighted by Crippen LogP contribution is 2.31. The smallest absolute Gasteiger partial charge is 0.242 e. The molecule has 1 unspecified atom stereocenters. The molecule has 5 nitrogen and oxygen atoms in total. The first-order valence-electron chi connectivity index (χ1n) is 9.92. The Morgan fingerprint density at radius 2 is 1.76 bits per heavy atom. The summed E-state index contributed by atoms with van der Waals surface area (Å²) in [7, 11) is 0. The van der Waals surface area contributed by atoms with E-state index in [-0.39, 0.29) is 5.91 Å². The van der Waals surface area contributed by atoms with E-state index in [9.17, 15) is 4.79 Å². The average Bonchev–Trinajstić information content (AvgIpc) is 2.74. The summed E-state index contributed by atoms with van der Waals surface area (Å²) in [6.07, 6.45) is 9.21. The van der Waals surface area contributed by atoms with Gasteiger partial charge in [0.05, 0.1) is 0 Å². The Morgan fingerprint density at radius 3 is 2.45 bits per heavy atom. The van der Waals surface area contributed by atoms with Gasteiger partial charge in [0.2, 0.25) is 5.91 Å². The Bertz CT molecular complexity index is 944. The molecule has 0 saturated heterocycles. The van der Waals surface area contributed by atoms with E-state index in [1.165, 1.54) is 5.56 Å². The summed E-state index contributed by atoms with van der Waals surface area (Å²) in [6, 6.07) is 14.0. The second-order valence-electron chi connectivity index (χ2n) is 7.41. The second kappa shape index (κ2) is 9.43. The van der Waals surface area contributed by atoms with Crippen LogP contribution >= 0.6 is 0 Å². The minimum absolute atomic E-state index is 0.357. The number of aromatic nitrogens is 2. The van der Waals surface area contributed by atoms with Gasteiger partial charge in [0.25, 0.3) is 0 Å². The maximum Gasteiger partial charge on any atom is 0.242 e. The van der Waals surface area contributed by atoms with Gasteiger partial charge in [0.1, 0.15) is 5.54 Å². The number of hydrogen-bond acceptors (Lipinski definition) is 4. The number of benzene rings is 1. The molecule has 0 bridgehead atoms. The molecule has 5 heteroatoms. The lowest BCUT2D eigenvalue weighted by molar-refractivity contribution is -0.125. The molecule has 3 rings (SSSR count). The summed E-state index contributed by atoms with van der Waals surface area (Å²) in [5, 5.41) is 3.52. The zero-order chi connectivity index (χ0) is 20.7. The van der Waals surface area contributed by atoms with Crippen LogP contribution in [0.4, 0.5) is 0 Å². The predicted octanol–water partition coefficient (Wildman–Crippen LogP) is 3.24. The quantitative estimate of drug-likeness (QED) is 0.590. The third kappa shape index (κ3) is 4.87. The molecule has 0 saturated carbocycles. The van der Waals surface area contributed by atoms with E-state index in [0.29, 0.717) is 19.4 Å². The van der Waals surface area contributed by atoms with Crippen molar-refractivity contribution in [2.75, 3.05) is 6.54 Å². The normalized spacial score (nSPS) is 13.0. The standard InChI is InChI=1S/C24H28N4O/c1-18-5-3-7-22(19(18)2)24(23(25)29,12-8-21-6-4-13-27-17-21)28-16-11-20-9-14-26-15-10-20/h3-7,9-10,13-15,17,28H,8,11-12,16H2,1-2H3,(H2,25,29). The van der Waals surface area contributed by atoms with Crippen LogP contribution in [-0.4, -0.2) is 22.4 Å². The van der Waals surface area contributed by atoms with Crippen molar-refractivity contribution in [3.05, 3.63) is 95.1 Å². The number of nitrogens with zero attached hydrogens (tertiary/aromatic N) is 2. The molecule has 0 spiro atoms. The molecule has 1 aromatic carbocycles. The Labute approximate surface area is 172 Å². The number of carbonyl (C=O) groups is 1. The highest BCUT2D eigenvalue weighted by molar-refractivity contribution is 5.86. The highest BCUT2D eigenvalue weighted by Gasteiger charge is 2.39. The van der Waals surface area contributed by atoms with Crippen molar-refractivity contribution in [2.24, 2.45) is 5.73 Å². The van der Waals surface area contributed by atoms with Gasteiger partial charge in [-0.05, 0) is 79.1 Å². The van der Waals surface area contributed by atoms with E-state index < -0.39 is 5.54 Å². The molecule has 2 heterocycles. The average molecular weight is 389 g/mol. The van der Waals surface area contributed by atoms with Crippen LogP contribution in [0.3, 0.4) is 0 Å². The third-order valence-electron chi connectivity index (χ3n) is 5.59. The minimum Gasteiger partial charge on any atom is -0.368 e. The number of hydrogen-bond donors (Lipinski definition) is 2. The predicted molar refractivity (Wildman–Crippen MR) is 115 cm³/mol. The van der Waals surface area contributed by atoms with Gasteiger partial charge >= 0.3 is 0 Å². The van der Waals surface area contributed by atoms with Crippen LogP contribution in [-0.2, 0) is 23.2 Å². The van der Waals surface area contributed by atoms with Crippen molar-refractivity contribution in [1.82, 2.24) is 15.3 Å². The van der Waals surface area contributed by atoms with E-state index >= 15 is 0 Å². The highest BCUT2D eigenvalue weighted by atomic mass is 16.1. The van der Waals surface area contributed by atoms with E-state index in [0.717, 1.165) is 28.7 Å². The third-order valence-corrected chi connectivity index (χ3v) is 5.59. The molecule has 0 aliphatic heterocycles. The molecule has 150 valence electrons. The molecule has 29 heavy (non-hydrogen) atoms. The molecule has 1 atom stereocenters. The van der Waals surface area contributed by atoms with E-state index in [2.05, 4.69) is 35.2 Å². The van der Waals surface area contributed by atoms with Crippen molar-refractivity contribution in [1.29, 1.82) is 0 Å². The number of pyridine rings is 2. The molecule has 3 aromatic rings. The number of aryl methyl sites for hydroxylation is 2. The van der Waals surface area contributed by atoms with Crippen molar-refractivity contribution in [3.8, 4) is 0 Å². The van der Waals surface area contributed by atoms with Gasteiger partial charge in [0, 0.05) is 31.3 Å². The number of nitrogens with two attached hydrogens (primary N) is 1. The fourth-order valence-corrected chi connectivity index (χ4v) is 3.72. The zero-order valence-electron chi connectivity index (χ0n) is 17.1. The largest absolute Gasteiger partial charge is 0.368 e. The lowest BCUT2D eigenvalue weighted by Crippen LogP contribution is -2.54. The summed E-state index contributed by atoms with van der Waals surface area (Å²) < 4.78 is 0. The fourth-order valence-electron chi connectivity index (χ4n) is 3.72. The molecule has 0 aliphatic carbocycles. The zero-order valence-corrected chi connectivity index (χ0v) is 17.1. The summed E-state index contributed by atoms with van der Waals surface area (Å²) in [6.45, 7) is 4.74. The van der Waals surface area contributed by atoms with E-state index in [4.69, 9.17) is 5.73 Å². The van der Waals surface area contributed by atoms with Crippen molar-refractivity contribution >= 4 is 5.91 Å². The molecule has 1 amide bonds. The van der Waals surface area contributed by atoms with E-state index in [1.54, 1.807) is 18.6 Å². The summed E-state index contributed by atoms with van der Waals surface area (Å²) in [5.41, 5.74) is 10.5. The summed E-state index contributed by atoms with van der Waals surface area (Å²) in [4.78, 5) is 21.1. The number of rotatable bonds is 9. The number of primary amides is 1. The van der Waals surface area contributed by atoms with Crippen molar-refractivity contribution < 1.29 is 4.79 Å². The summed E-state index contributed by atoms with van der Waals surface area (Å²) >= 11 is 0. The van der Waals surface area contributed by atoms with Gasteiger partial charge in [-0.15, -0.1) is 0 Å². The van der Waals surface area contributed by atoms with Crippen LogP contribution in [0.5, 0.6) is 0 Å². The molecule has 3 N–H and O–H groups in total. The van der Waals surface area contributed by atoms with Crippen LogP contribution in [0.25, 0.3) is 0 Å². The number of carbonyl (C=O) groups excluding carboxylic acids is 1. The topological polar surface area (TPSA) is 80.9 Å². The van der Waals surface area contributed by atoms with Crippen LogP contribution in [0, 0.1) is 13.8 Å². The SMILES string of the molecule is Cc1cccc(C(CCc2cccnc2)(NCCc2ccncc2)C(N)=O)c1C. The van der Waals surface area contributed by atoms with Gasteiger partial charge in [-0.1, -0.05) is 24.3 Å².